The number of imide groups is 1. The minimum Gasteiger partial charge on any atom is -0.452 e. The van der Waals surface area contributed by atoms with E-state index in [2.05, 4.69) is 10.6 Å². The third kappa shape index (κ3) is 6.43. The van der Waals surface area contributed by atoms with E-state index in [0.29, 0.717) is 31.6 Å². The summed E-state index contributed by atoms with van der Waals surface area (Å²) in [5.74, 6) is -1.64. The highest BCUT2D eigenvalue weighted by Gasteiger charge is 2.31. The molecule has 0 unspecified atom stereocenters. The summed E-state index contributed by atoms with van der Waals surface area (Å²) >= 11 is 0. The molecule has 1 aromatic rings. The number of urea groups is 1. The SMILES string of the molecule is C[C@H](OC(=O)C1CCN(c2ccccc2[N+](=O)[O-])CC1)C(=O)NC(=O)NC(C)(C)C. The number of ether oxygens (including phenoxy) is 1. The molecule has 2 N–H and O–H groups in total. The number of nitro benzene ring substituents is 1. The molecule has 1 saturated heterocycles. The first-order chi connectivity index (χ1) is 14.0. The van der Waals surface area contributed by atoms with Gasteiger partial charge in [-0.15, -0.1) is 0 Å². The molecule has 0 aromatic heterocycles. The van der Waals surface area contributed by atoms with Gasteiger partial charge in [-0.2, -0.15) is 0 Å². The van der Waals surface area contributed by atoms with Gasteiger partial charge < -0.3 is 15.0 Å². The van der Waals surface area contributed by atoms with E-state index in [0.717, 1.165) is 0 Å². The smallest absolute Gasteiger partial charge is 0.321 e. The van der Waals surface area contributed by atoms with Crippen molar-refractivity contribution in [1.82, 2.24) is 10.6 Å². The molecule has 10 nitrogen and oxygen atoms in total. The van der Waals surface area contributed by atoms with Gasteiger partial charge in [0.15, 0.2) is 6.10 Å². The molecular formula is C20H28N4O6. The molecular weight excluding hydrogens is 392 g/mol. The number of nitrogens with one attached hydrogen (secondary N) is 2. The first kappa shape index (κ1) is 23.1. The van der Waals surface area contributed by atoms with Crippen molar-refractivity contribution < 1.29 is 24.0 Å². The van der Waals surface area contributed by atoms with Gasteiger partial charge in [0, 0.05) is 24.7 Å². The zero-order chi connectivity index (χ0) is 22.5. The Balaban J connectivity index is 1.86. The zero-order valence-electron chi connectivity index (χ0n) is 17.6. The van der Waals surface area contributed by atoms with Gasteiger partial charge in [0.25, 0.3) is 11.6 Å². The number of para-hydroxylation sites is 2. The largest absolute Gasteiger partial charge is 0.452 e. The van der Waals surface area contributed by atoms with Gasteiger partial charge in [0.05, 0.1) is 10.8 Å². The van der Waals surface area contributed by atoms with Crippen LogP contribution in [-0.4, -0.2) is 47.6 Å². The number of hydrogen-bond donors (Lipinski definition) is 2. The van der Waals surface area contributed by atoms with Crippen molar-refractivity contribution in [2.45, 2.75) is 52.2 Å². The fourth-order valence-electron chi connectivity index (χ4n) is 3.15. The van der Waals surface area contributed by atoms with Crippen molar-refractivity contribution in [3.8, 4) is 0 Å². The third-order valence-electron chi connectivity index (χ3n) is 4.63. The van der Waals surface area contributed by atoms with Crippen LogP contribution in [0.4, 0.5) is 16.2 Å². The van der Waals surface area contributed by atoms with Crippen molar-refractivity contribution in [2.75, 3.05) is 18.0 Å². The lowest BCUT2D eigenvalue weighted by Gasteiger charge is -2.32. The van der Waals surface area contributed by atoms with E-state index in [9.17, 15) is 24.5 Å². The van der Waals surface area contributed by atoms with Crippen LogP contribution in [0.15, 0.2) is 24.3 Å². The molecule has 3 amide bonds. The van der Waals surface area contributed by atoms with E-state index in [-0.39, 0.29) is 5.69 Å². The number of hydrogen-bond acceptors (Lipinski definition) is 7. The molecule has 0 radical (unpaired) electrons. The first-order valence-corrected chi connectivity index (χ1v) is 9.80. The molecule has 164 valence electrons. The minimum atomic E-state index is -1.11. The number of carbonyl (C=O) groups is 3. The normalized spacial score (nSPS) is 15.8. The van der Waals surface area contributed by atoms with Gasteiger partial charge in [-0.25, -0.2) is 4.79 Å². The van der Waals surface area contributed by atoms with Gasteiger partial charge in [0.2, 0.25) is 0 Å². The van der Waals surface area contributed by atoms with E-state index < -0.39 is 40.4 Å². The molecule has 10 heteroatoms. The van der Waals surface area contributed by atoms with Crippen LogP contribution < -0.4 is 15.5 Å². The average molecular weight is 420 g/mol. The zero-order valence-corrected chi connectivity index (χ0v) is 17.6. The molecule has 0 saturated carbocycles. The van der Waals surface area contributed by atoms with Crippen LogP contribution in [0.1, 0.15) is 40.5 Å². The molecule has 1 heterocycles. The summed E-state index contributed by atoms with van der Waals surface area (Å²) in [5, 5.41) is 16.0. The summed E-state index contributed by atoms with van der Waals surface area (Å²) in [6.45, 7) is 7.64. The topological polar surface area (TPSA) is 131 Å². The number of benzene rings is 1. The van der Waals surface area contributed by atoms with Gasteiger partial charge >= 0.3 is 12.0 Å². The van der Waals surface area contributed by atoms with E-state index >= 15 is 0 Å². The Morgan fingerprint density at radius 1 is 1.20 bits per heavy atom. The highest BCUT2D eigenvalue weighted by Crippen LogP contribution is 2.31. The number of anilines is 1. The lowest BCUT2D eigenvalue weighted by molar-refractivity contribution is -0.384. The Kier molecular flexibility index (Phi) is 7.36. The molecule has 1 aliphatic heterocycles. The molecule has 0 aliphatic carbocycles. The maximum absolute atomic E-state index is 12.4. The van der Waals surface area contributed by atoms with Gasteiger partial charge in [-0.1, -0.05) is 12.1 Å². The number of amides is 3. The number of nitro groups is 1. The molecule has 1 aromatic carbocycles. The second-order valence-electron chi connectivity index (χ2n) is 8.28. The summed E-state index contributed by atoms with van der Waals surface area (Å²) in [5.41, 5.74) is 0.0378. The Morgan fingerprint density at radius 2 is 1.80 bits per heavy atom. The fourth-order valence-corrected chi connectivity index (χ4v) is 3.15. The van der Waals surface area contributed by atoms with Gasteiger partial charge in [-0.05, 0) is 46.6 Å². The van der Waals surface area contributed by atoms with Crippen LogP contribution in [0, 0.1) is 16.0 Å². The lowest BCUT2D eigenvalue weighted by atomic mass is 9.96. The summed E-state index contributed by atoms with van der Waals surface area (Å²) < 4.78 is 5.23. The average Bonchev–Trinajstić information content (AvgIpc) is 2.66. The summed E-state index contributed by atoms with van der Waals surface area (Å²) in [6, 6.07) is 5.82. The monoisotopic (exact) mass is 420 g/mol. The van der Waals surface area contributed by atoms with E-state index in [4.69, 9.17) is 4.74 Å². The quantitative estimate of drug-likeness (QED) is 0.425. The number of esters is 1. The number of nitrogens with zero attached hydrogens (tertiary/aromatic N) is 2. The third-order valence-corrected chi connectivity index (χ3v) is 4.63. The highest BCUT2D eigenvalue weighted by molar-refractivity contribution is 5.97. The lowest BCUT2D eigenvalue weighted by Crippen LogP contribution is -2.50. The van der Waals surface area contributed by atoms with Crippen molar-refractivity contribution >= 4 is 29.3 Å². The van der Waals surface area contributed by atoms with Crippen LogP contribution in [0.5, 0.6) is 0 Å². The maximum Gasteiger partial charge on any atom is 0.321 e. The van der Waals surface area contributed by atoms with E-state index in [1.807, 2.05) is 4.90 Å². The molecule has 1 fully saturated rings. The summed E-state index contributed by atoms with van der Waals surface area (Å²) in [4.78, 5) is 48.9. The maximum atomic E-state index is 12.4. The van der Waals surface area contributed by atoms with Crippen LogP contribution in [0.2, 0.25) is 0 Å². The van der Waals surface area contributed by atoms with Crippen LogP contribution in [0.3, 0.4) is 0 Å². The predicted molar refractivity (Wildman–Crippen MR) is 110 cm³/mol. The number of rotatable bonds is 5. The summed E-state index contributed by atoms with van der Waals surface area (Å²) in [7, 11) is 0. The van der Waals surface area contributed by atoms with Crippen molar-refractivity contribution in [3.05, 3.63) is 34.4 Å². The second-order valence-corrected chi connectivity index (χ2v) is 8.28. The van der Waals surface area contributed by atoms with Crippen molar-refractivity contribution in [2.24, 2.45) is 5.92 Å². The fraction of sp³-hybridized carbons (Fsp3) is 0.550. The Labute approximate surface area is 175 Å². The van der Waals surface area contributed by atoms with E-state index in [1.165, 1.54) is 13.0 Å². The molecule has 30 heavy (non-hydrogen) atoms. The summed E-state index contributed by atoms with van der Waals surface area (Å²) in [6.07, 6.45) is -0.218. The highest BCUT2D eigenvalue weighted by atomic mass is 16.6. The Hall–Kier alpha value is -3.17. The molecule has 0 bridgehead atoms. The molecule has 1 aliphatic rings. The van der Waals surface area contributed by atoms with Crippen molar-refractivity contribution in [1.29, 1.82) is 0 Å². The number of piperidine rings is 1. The number of carbonyl (C=O) groups excluding carboxylic acids is 3. The molecule has 2 rings (SSSR count). The standard InChI is InChI=1S/C20H28N4O6/c1-13(17(25)21-19(27)22-20(2,3)4)30-18(26)14-9-11-23(12-10-14)15-7-5-6-8-16(15)24(28)29/h5-8,13-14H,9-12H2,1-4H3,(H2,21,22,25,27)/t13-/m0/s1. The van der Waals surface area contributed by atoms with E-state index in [1.54, 1.807) is 39.0 Å². The first-order valence-electron chi connectivity index (χ1n) is 9.80. The Morgan fingerprint density at radius 3 is 2.37 bits per heavy atom. The van der Waals surface area contributed by atoms with Crippen molar-refractivity contribution in [3.63, 3.8) is 0 Å². The van der Waals surface area contributed by atoms with Crippen LogP contribution >= 0.6 is 0 Å². The minimum absolute atomic E-state index is 0.0253. The van der Waals surface area contributed by atoms with Crippen LogP contribution in [0.25, 0.3) is 0 Å². The van der Waals surface area contributed by atoms with Gasteiger partial charge in [-0.3, -0.25) is 25.0 Å². The van der Waals surface area contributed by atoms with Crippen LogP contribution in [-0.2, 0) is 14.3 Å². The molecule has 0 spiro atoms. The second kappa shape index (κ2) is 9.55. The van der Waals surface area contributed by atoms with Gasteiger partial charge in [0.1, 0.15) is 5.69 Å². The molecule has 1 atom stereocenters. The predicted octanol–water partition coefficient (Wildman–Crippen LogP) is 2.37. The Bertz CT molecular complexity index is 812.